The van der Waals surface area contributed by atoms with E-state index in [1.165, 1.54) is 38.5 Å². The number of para-hydroxylation sites is 2. The molecular formula is C47H34N2O. The van der Waals surface area contributed by atoms with E-state index in [9.17, 15) is 0 Å². The Morgan fingerprint density at radius 1 is 0.620 bits per heavy atom. The van der Waals surface area contributed by atoms with Gasteiger partial charge in [0.1, 0.15) is 11.2 Å². The molecule has 0 amide bonds. The van der Waals surface area contributed by atoms with E-state index in [1.54, 1.807) is 0 Å². The number of benzene rings is 7. The maximum Gasteiger partial charge on any atom is 0.145 e. The number of hydrogen-bond acceptors (Lipinski definition) is 2. The van der Waals surface area contributed by atoms with E-state index in [2.05, 4.69) is 186 Å². The molecule has 0 radical (unpaired) electrons. The molecule has 3 nitrogen and oxygen atoms in total. The van der Waals surface area contributed by atoms with Crippen molar-refractivity contribution in [3.05, 3.63) is 176 Å². The summed E-state index contributed by atoms with van der Waals surface area (Å²) in [4.78, 5) is 2.49. The molecule has 2 aromatic heterocycles. The summed E-state index contributed by atoms with van der Waals surface area (Å²) in [7, 11) is 0. The van der Waals surface area contributed by atoms with Gasteiger partial charge in [-0.2, -0.15) is 0 Å². The van der Waals surface area contributed by atoms with Crippen molar-refractivity contribution >= 4 is 65.9 Å². The van der Waals surface area contributed by atoms with Crippen LogP contribution in [0.4, 0.5) is 11.4 Å². The molecule has 0 spiro atoms. The summed E-state index contributed by atoms with van der Waals surface area (Å²) in [5.41, 5.74) is 11.2. The van der Waals surface area contributed by atoms with Crippen molar-refractivity contribution in [2.75, 3.05) is 4.90 Å². The third-order valence-electron chi connectivity index (χ3n) is 10.4. The highest BCUT2D eigenvalue weighted by atomic mass is 16.3. The van der Waals surface area contributed by atoms with Gasteiger partial charge in [-0.1, -0.05) is 134 Å². The van der Waals surface area contributed by atoms with Gasteiger partial charge in [0.2, 0.25) is 0 Å². The second-order valence-electron chi connectivity index (χ2n) is 13.4. The first-order valence-electron chi connectivity index (χ1n) is 17.4. The van der Waals surface area contributed by atoms with Crippen molar-refractivity contribution in [1.82, 2.24) is 4.57 Å². The molecule has 3 heteroatoms. The smallest absolute Gasteiger partial charge is 0.145 e. The van der Waals surface area contributed by atoms with E-state index >= 15 is 0 Å². The second-order valence-corrected chi connectivity index (χ2v) is 13.4. The van der Waals surface area contributed by atoms with Crippen molar-refractivity contribution in [3.8, 4) is 16.8 Å². The number of hydrogen-bond donors (Lipinski definition) is 0. The highest BCUT2D eigenvalue weighted by Gasteiger charge is 2.29. The minimum Gasteiger partial charge on any atom is -0.455 e. The Morgan fingerprint density at radius 3 is 2.12 bits per heavy atom. The Bertz CT molecular complexity index is 2780. The Morgan fingerprint density at radius 2 is 1.32 bits per heavy atom. The molecule has 238 valence electrons. The van der Waals surface area contributed by atoms with E-state index in [0.29, 0.717) is 5.92 Å². The number of aromatic nitrogens is 1. The predicted octanol–water partition coefficient (Wildman–Crippen LogP) is 13.1. The minimum atomic E-state index is 0.330. The monoisotopic (exact) mass is 642 g/mol. The van der Waals surface area contributed by atoms with E-state index in [-0.39, 0.29) is 0 Å². The van der Waals surface area contributed by atoms with Crippen molar-refractivity contribution in [2.24, 2.45) is 5.92 Å². The highest BCUT2D eigenvalue weighted by Crippen LogP contribution is 2.49. The first kappa shape index (κ1) is 28.7. The summed E-state index contributed by atoms with van der Waals surface area (Å²) in [5.74, 6) is 0.330. The van der Waals surface area contributed by atoms with Crippen LogP contribution in [0.2, 0.25) is 0 Å². The summed E-state index contributed by atoms with van der Waals surface area (Å²) in [6.07, 6.45) is 7.77. The molecule has 2 heterocycles. The van der Waals surface area contributed by atoms with E-state index in [4.69, 9.17) is 4.42 Å². The fraction of sp³-hybridized carbons (Fsp3) is 0.0638. The molecular weight excluding hydrogens is 609 g/mol. The number of fused-ring (bicyclic) bond motifs is 9. The third kappa shape index (κ3) is 4.37. The standard InChI is InChI=1S/C47H34N2O/c1-31-14-8-12-22-41(31)48(35-18-6-3-7-19-35)42-30-40-38-21-11-13-23-43(38)50-47(40)44-39-29-26-34-17-9-10-20-37(34)45(39)49(46(42)44)36-27-24-33(25-28-36)32-15-4-2-5-16-32/h2-13,15-31H,14H2,1H3. The van der Waals surface area contributed by atoms with Crippen LogP contribution in [0.15, 0.2) is 180 Å². The summed E-state index contributed by atoms with van der Waals surface area (Å²) >= 11 is 0. The minimum absolute atomic E-state index is 0.330. The molecule has 1 aliphatic rings. The van der Waals surface area contributed by atoms with Gasteiger partial charge >= 0.3 is 0 Å². The second kappa shape index (κ2) is 11.4. The van der Waals surface area contributed by atoms with Crippen LogP contribution in [-0.4, -0.2) is 4.57 Å². The maximum atomic E-state index is 6.86. The van der Waals surface area contributed by atoms with Gasteiger partial charge in [0.15, 0.2) is 0 Å². The topological polar surface area (TPSA) is 21.3 Å². The zero-order chi connectivity index (χ0) is 33.2. The lowest BCUT2D eigenvalue weighted by Gasteiger charge is -2.33. The lowest BCUT2D eigenvalue weighted by atomic mass is 9.96. The van der Waals surface area contributed by atoms with Crippen LogP contribution in [0, 0.1) is 5.92 Å². The SMILES string of the molecule is CC1CC=CC=C1N(c1ccccc1)c1cc2c3ccccc3oc2c2c3ccc4ccccc4c3n(-c3ccc(-c4ccccc4)cc3)c12. The van der Waals surface area contributed by atoms with Crippen LogP contribution in [-0.2, 0) is 0 Å². The number of rotatable bonds is 5. The molecule has 0 fully saturated rings. The van der Waals surface area contributed by atoms with E-state index < -0.39 is 0 Å². The molecule has 1 unspecified atom stereocenters. The van der Waals surface area contributed by atoms with Gasteiger partial charge in [-0.3, -0.25) is 0 Å². The summed E-state index contributed by atoms with van der Waals surface area (Å²) < 4.78 is 9.35. The average molecular weight is 643 g/mol. The quantitative estimate of drug-likeness (QED) is 0.186. The molecule has 0 aliphatic heterocycles. The average Bonchev–Trinajstić information content (AvgIpc) is 3.73. The predicted molar refractivity (Wildman–Crippen MR) is 211 cm³/mol. The third-order valence-corrected chi connectivity index (χ3v) is 10.4. The van der Waals surface area contributed by atoms with Crippen molar-refractivity contribution < 1.29 is 4.42 Å². The summed E-state index contributed by atoms with van der Waals surface area (Å²) in [6.45, 7) is 2.33. The zero-order valence-corrected chi connectivity index (χ0v) is 27.8. The number of anilines is 2. The van der Waals surface area contributed by atoms with E-state index in [0.717, 1.165) is 56.3 Å². The number of allylic oxidation sites excluding steroid dienone is 4. The van der Waals surface area contributed by atoms with Crippen LogP contribution < -0.4 is 4.90 Å². The zero-order valence-electron chi connectivity index (χ0n) is 27.8. The van der Waals surface area contributed by atoms with Gasteiger partial charge in [0.25, 0.3) is 0 Å². The molecule has 9 aromatic rings. The van der Waals surface area contributed by atoms with Gasteiger partial charge in [0, 0.05) is 44.5 Å². The normalized spacial score (nSPS) is 14.7. The van der Waals surface area contributed by atoms with Crippen molar-refractivity contribution in [3.63, 3.8) is 0 Å². The number of nitrogens with zero attached hydrogens (tertiary/aromatic N) is 2. The molecule has 1 aliphatic carbocycles. The maximum absolute atomic E-state index is 6.86. The van der Waals surface area contributed by atoms with Crippen LogP contribution in [0.1, 0.15) is 13.3 Å². The number of furan rings is 1. The fourth-order valence-electron chi connectivity index (χ4n) is 8.02. The molecule has 10 rings (SSSR count). The summed E-state index contributed by atoms with van der Waals surface area (Å²) in [6, 6.07) is 54.6. The molecule has 0 N–H and O–H groups in total. The fourth-order valence-corrected chi connectivity index (χ4v) is 8.02. The first-order valence-corrected chi connectivity index (χ1v) is 17.4. The van der Waals surface area contributed by atoms with Crippen molar-refractivity contribution in [2.45, 2.75) is 13.3 Å². The van der Waals surface area contributed by atoms with Crippen LogP contribution >= 0.6 is 0 Å². The Balaban J connectivity index is 1.41. The molecule has 1 atom stereocenters. The summed E-state index contributed by atoms with van der Waals surface area (Å²) in [5, 5.41) is 6.97. The van der Waals surface area contributed by atoms with E-state index in [1.807, 2.05) is 0 Å². The first-order chi connectivity index (χ1) is 24.7. The van der Waals surface area contributed by atoms with Crippen LogP contribution in [0.3, 0.4) is 0 Å². The van der Waals surface area contributed by atoms with Crippen LogP contribution in [0.25, 0.3) is 71.3 Å². The highest BCUT2D eigenvalue weighted by molar-refractivity contribution is 6.30. The Kier molecular flexibility index (Phi) is 6.53. The van der Waals surface area contributed by atoms with Crippen LogP contribution in [0.5, 0.6) is 0 Å². The molecule has 7 aromatic carbocycles. The lowest BCUT2D eigenvalue weighted by Crippen LogP contribution is -2.23. The van der Waals surface area contributed by atoms with Gasteiger partial charge in [-0.05, 0) is 65.4 Å². The molecule has 50 heavy (non-hydrogen) atoms. The Labute approximate surface area is 290 Å². The largest absolute Gasteiger partial charge is 0.455 e. The van der Waals surface area contributed by atoms with Gasteiger partial charge in [-0.15, -0.1) is 0 Å². The molecule has 0 saturated carbocycles. The van der Waals surface area contributed by atoms with Crippen molar-refractivity contribution in [1.29, 1.82) is 0 Å². The Hall–Kier alpha value is -6.32. The molecule has 0 saturated heterocycles. The van der Waals surface area contributed by atoms with Gasteiger partial charge in [0.05, 0.1) is 22.1 Å². The van der Waals surface area contributed by atoms with Gasteiger partial charge in [-0.25, -0.2) is 0 Å². The van der Waals surface area contributed by atoms with Gasteiger partial charge < -0.3 is 13.9 Å². The molecule has 0 bridgehead atoms. The lowest BCUT2D eigenvalue weighted by molar-refractivity contribution is 0.669.